The molecule has 0 saturated heterocycles. The first-order valence-corrected chi connectivity index (χ1v) is 7.04. The zero-order chi connectivity index (χ0) is 11.5. The first kappa shape index (κ1) is 12.7. The summed E-state index contributed by atoms with van der Waals surface area (Å²) >= 11 is 0. The molecule has 0 spiro atoms. The Hall–Kier alpha value is -0.380. The van der Waals surface area contributed by atoms with Crippen LogP contribution >= 0.6 is 7.37 Å². The lowest BCUT2D eigenvalue weighted by atomic mass is 9.97. The number of carbonyl (C=O) groups excluding carboxylic acids is 1. The number of aliphatic carboxylic acids is 1. The highest BCUT2D eigenvalue weighted by Gasteiger charge is 2.37. The summed E-state index contributed by atoms with van der Waals surface area (Å²) in [7, 11) is -3.55. The van der Waals surface area contributed by atoms with Gasteiger partial charge in [0.2, 0.25) is 7.37 Å². The number of rotatable bonds is 4. The molecule has 5 nitrogen and oxygen atoms in total. The number of hydrogen-bond acceptors (Lipinski definition) is 4. The molecule has 0 aromatic heterocycles. The minimum Gasteiger partial charge on any atom is -0.550 e. The van der Waals surface area contributed by atoms with Gasteiger partial charge in [-0.2, -0.15) is 0 Å². The fourth-order valence-corrected chi connectivity index (χ4v) is 4.09. The lowest BCUT2D eigenvalue weighted by Crippen LogP contribution is -2.31. The lowest BCUT2D eigenvalue weighted by Gasteiger charge is -2.31. The standard InChI is InChI=1S/C9H17O5P/c10-7-3-1-2-4-8(7)15(13,14)6-5-9(11)12/h7-8,10H,1-6H2,(H,11,12)(H,13,14)/p-1/t7-,8+/m0/s1. The average Bonchev–Trinajstić information content (AvgIpc) is 2.15. The predicted molar refractivity (Wildman–Crippen MR) is 52.6 cm³/mol. The van der Waals surface area contributed by atoms with Gasteiger partial charge in [0.05, 0.1) is 11.8 Å². The number of aliphatic hydroxyl groups excluding tert-OH is 1. The van der Waals surface area contributed by atoms with Crippen LogP contribution in [0, 0.1) is 0 Å². The summed E-state index contributed by atoms with van der Waals surface area (Å²) in [5, 5.41) is 19.8. The molecule has 1 unspecified atom stereocenters. The second kappa shape index (κ2) is 5.10. The Morgan fingerprint density at radius 3 is 2.53 bits per heavy atom. The summed E-state index contributed by atoms with van der Waals surface area (Å²) in [4.78, 5) is 19.9. The van der Waals surface area contributed by atoms with Gasteiger partial charge in [0, 0.05) is 12.1 Å². The molecule has 6 heteroatoms. The second-order valence-electron chi connectivity index (χ2n) is 4.02. The van der Waals surface area contributed by atoms with Crippen molar-refractivity contribution in [2.45, 2.75) is 43.9 Å². The van der Waals surface area contributed by atoms with Crippen LogP contribution in [-0.4, -0.2) is 33.9 Å². The van der Waals surface area contributed by atoms with Crippen molar-refractivity contribution in [1.29, 1.82) is 0 Å². The fraction of sp³-hybridized carbons (Fsp3) is 0.889. The van der Waals surface area contributed by atoms with E-state index in [2.05, 4.69) is 0 Å². The van der Waals surface area contributed by atoms with Crippen LogP contribution in [0.5, 0.6) is 0 Å². The SMILES string of the molecule is O=C([O-])CCP(=O)(O)[C@@H]1CCCC[C@@H]1O. The molecule has 0 amide bonds. The molecule has 0 bridgehead atoms. The molecule has 1 rings (SSSR count). The molecule has 0 radical (unpaired) electrons. The van der Waals surface area contributed by atoms with Crippen molar-refractivity contribution < 1.29 is 24.5 Å². The zero-order valence-electron chi connectivity index (χ0n) is 8.46. The zero-order valence-corrected chi connectivity index (χ0v) is 9.36. The van der Waals surface area contributed by atoms with Crippen LogP contribution in [0.15, 0.2) is 0 Å². The van der Waals surface area contributed by atoms with Crippen LogP contribution < -0.4 is 5.11 Å². The molecule has 1 aliphatic carbocycles. The molecule has 1 aliphatic rings. The first-order valence-electron chi connectivity index (χ1n) is 5.13. The van der Waals surface area contributed by atoms with Gasteiger partial charge in [-0.15, -0.1) is 0 Å². The Morgan fingerprint density at radius 1 is 1.40 bits per heavy atom. The smallest absolute Gasteiger partial charge is 0.206 e. The molecule has 1 saturated carbocycles. The van der Waals surface area contributed by atoms with Crippen molar-refractivity contribution in [3.05, 3.63) is 0 Å². The van der Waals surface area contributed by atoms with Gasteiger partial charge >= 0.3 is 0 Å². The van der Waals surface area contributed by atoms with E-state index in [0.29, 0.717) is 12.8 Å². The number of hydrogen-bond donors (Lipinski definition) is 2. The van der Waals surface area contributed by atoms with Crippen LogP contribution in [0.2, 0.25) is 0 Å². The van der Waals surface area contributed by atoms with Gasteiger partial charge in [-0.05, 0) is 19.3 Å². The summed E-state index contributed by atoms with van der Waals surface area (Å²) < 4.78 is 11.8. The molecule has 3 atom stereocenters. The number of carboxylic acid groups (broad SMARTS) is 1. The lowest BCUT2D eigenvalue weighted by molar-refractivity contribution is -0.305. The quantitative estimate of drug-likeness (QED) is 0.652. The highest BCUT2D eigenvalue weighted by atomic mass is 31.2. The maximum absolute atomic E-state index is 11.8. The van der Waals surface area contributed by atoms with Gasteiger partial charge in [-0.25, -0.2) is 0 Å². The molecule has 1 fully saturated rings. The summed E-state index contributed by atoms with van der Waals surface area (Å²) in [5.41, 5.74) is -0.648. The Balaban J connectivity index is 2.58. The van der Waals surface area contributed by atoms with E-state index < -0.39 is 31.5 Å². The van der Waals surface area contributed by atoms with E-state index in [1.807, 2.05) is 0 Å². The summed E-state index contributed by atoms with van der Waals surface area (Å²) in [5.74, 6) is -1.32. The third-order valence-electron chi connectivity index (χ3n) is 2.85. The number of carbonyl (C=O) groups is 1. The molecule has 2 N–H and O–H groups in total. The average molecular weight is 235 g/mol. The summed E-state index contributed by atoms with van der Waals surface area (Å²) in [6, 6.07) is 0. The van der Waals surface area contributed by atoms with E-state index in [4.69, 9.17) is 0 Å². The van der Waals surface area contributed by atoms with Gasteiger partial charge in [-0.1, -0.05) is 12.8 Å². The van der Waals surface area contributed by atoms with Gasteiger partial charge in [0.1, 0.15) is 0 Å². The van der Waals surface area contributed by atoms with Crippen LogP contribution in [0.1, 0.15) is 32.1 Å². The van der Waals surface area contributed by atoms with Gasteiger partial charge in [-0.3, -0.25) is 4.57 Å². The molecular formula is C9H16O5P-. The topological polar surface area (TPSA) is 97.7 Å². The molecule has 0 aromatic carbocycles. The normalized spacial score (nSPS) is 30.8. The van der Waals surface area contributed by atoms with Crippen molar-refractivity contribution in [2.24, 2.45) is 0 Å². The van der Waals surface area contributed by atoms with Crippen LogP contribution in [0.3, 0.4) is 0 Å². The maximum Gasteiger partial charge on any atom is 0.206 e. The maximum atomic E-state index is 11.8. The largest absolute Gasteiger partial charge is 0.550 e. The van der Waals surface area contributed by atoms with Crippen LogP contribution in [0.4, 0.5) is 0 Å². The highest BCUT2D eigenvalue weighted by Crippen LogP contribution is 2.52. The third kappa shape index (κ3) is 3.59. The first-order chi connectivity index (χ1) is 6.93. The Morgan fingerprint density at radius 2 is 2.00 bits per heavy atom. The van der Waals surface area contributed by atoms with Gasteiger partial charge in [0.15, 0.2) is 0 Å². The molecule has 15 heavy (non-hydrogen) atoms. The molecule has 88 valence electrons. The van der Waals surface area contributed by atoms with Crippen molar-refractivity contribution in [2.75, 3.05) is 6.16 Å². The third-order valence-corrected chi connectivity index (χ3v) is 5.35. The monoisotopic (exact) mass is 235 g/mol. The molecule has 0 aliphatic heterocycles. The van der Waals surface area contributed by atoms with Crippen LogP contribution in [0.25, 0.3) is 0 Å². The van der Waals surface area contributed by atoms with Crippen molar-refractivity contribution in [3.63, 3.8) is 0 Å². The molecular weight excluding hydrogens is 219 g/mol. The van der Waals surface area contributed by atoms with Crippen molar-refractivity contribution in [3.8, 4) is 0 Å². The van der Waals surface area contributed by atoms with Crippen molar-refractivity contribution in [1.82, 2.24) is 0 Å². The second-order valence-corrected chi connectivity index (χ2v) is 6.64. The minimum atomic E-state index is -3.55. The Bertz CT molecular complexity index is 278. The predicted octanol–water partition coefficient (Wildman–Crippen LogP) is -0.300. The van der Waals surface area contributed by atoms with E-state index >= 15 is 0 Å². The van der Waals surface area contributed by atoms with Gasteiger partial charge in [0.25, 0.3) is 0 Å². The molecule has 0 aromatic rings. The van der Waals surface area contributed by atoms with E-state index in [1.165, 1.54) is 0 Å². The Labute approximate surface area is 88.6 Å². The highest BCUT2D eigenvalue weighted by molar-refractivity contribution is 7.58. The van der Waals surface area contributed by atoms with Crippen molar-refractivity contribution >= 4 is 13.3 Å². The van der Waals surface area contributed by atoms with Gasteiger partial charge < -0.3 is 19.9 Å². The van der Waals surface area contributed by atoms with E-state index in [-0.39, 0.29) is 6.16 Å². The van der Waals surface area contributed by atoms with E-state index in [9.17, 15) is 24.5 Å². The summed E-state index contributed by atoms with van der Waals surface area (Å²) in [6.45, 7) is 0. The molecule has 0 heterocycles. The minimum absolute atomic E-state index is 0.295. The van der Waals surface area contributed by atoms with E-state index in [1.54, 1.807) is 0 Å². The van der Waals surface area contributed by atoms with Crippen LogP contribution in [-0.2, 0) is 9.36 Å². The summed E-state index contributed by atoms with van der Waals surface area (Å²) in [6.07, 6.45) is 1.23. The number of carboxylic acids is 1. The Kier molecular flexibility index (Phi) is 4.32. The van der Waals surface area contributed by atoms with E-state index in [0.717, 1.165) is 12.8 Å². The number of aliphatic hydroxyl groups is 1. The fourth-order valence-electron chi connectivity index (χ4n) is 1.98.